The summed E-state index contributed by atoms with van der Waals surface area (Å²) in [5, 5.41) is 11.7. The van der Waals surface area contributed by atoms with E-state index in [9.17, 15) is 4.79 Å². The van der Waals surface area contributed by atoms with Crippen LogP contribution in [0.2, 0.25) is 5.02 Å². The van der Waals surface area contributed by atoms with Gasteiger partial charge in [-0.1, -0.05) is 36.8 Å². The number of nitrogens with zero attached hydrogens (tertiary/aromatic N) is 3. The molecule has 0 fully saturated rings. The summed E-state index contributed by atoms with van der Waals surface area (Å²) in [7, 11) is 1.55. The van der Waals surface area contributed by atoms with Gasteiger partial charge >= 0.3 is 0 Å². The topological polar surface area (TPSA) is 68.5 Å². The lowest BCUT2D eigenvalue weighted by Gasteiger charge is -2.10. The van der Waals surface area contributed by atoms with Crippen LogP contribution in [0.5, 0.6) is 5.75 Å². The standard InChI is InChI=1S/C16H17ClN4O2S/c1-8(2)14-19-20-16-21(14)9(3)13(24-16)15(22)18-11-7-10(17)5-6-12(11)23-4/h5-8H,1-4H3,(H,18,22). The van der Waals surface area contributed by atoms with Gasteiger partial charge in [0.1, 0.15) is 16.5 Å². The number of rotatable bonds is 4. The van der Waals surface area contributed by atoms with Crippen LogP contribution in [0.15, 0.2) is 18.2 Å². The number of aryl methyl sites for hydroxylation is 1. The number of fused-ring (bicyclic) bond motifs is 1. The van der Waals surface area contributed by atoms with Crippen molar-refractivity contribution in [2.75, 3.05) is 12.4 Å². The number of hydrogen-bond acceptors (Lipinski definition) is 5. The summed E-state index contributed by atoms with van der Waals surface area (Å²) in [4.78, 5) is 14.0. The predicted molar refractivity (Wildman–Crippen MR) is 95.6 cm³/mol. The van der Waals surface area contributed by atoms with Gasteiger partial charge in [-0.3, -0.25) is 9.20 Å². The van der Waals surface area contributed by atoms with Crippen LogP contribution in [0.4, 0.5) is 5.69 Å². The second-order valence-electron chi connectivity index (χ2n) is 5.65. The molecule has 0 spiro atoms. The maximum atomic E-state index is 12.7. The van der Waals surface area contributed by atoms with Gasteiger partial charge in [0.2, 0.25) is 4.96 Å². The lowest BCUT2D eigenvalue weighted by atomic mass is 10.2. The van der Waals surface area contributed by atoms with Crippen LogP contribution in [-0.2, 0) is 0 Å². The Kier molecular flexibility index (Phi) is 4.47. The zero-order valence-electron chi connectivity index (χ0n) is 13.8. The van der Waals surface area contributed by atoms with E-state index >= 15 is 0 Å². The van der Waals surface area contributed by atoms with Gasteiger partial charge in [-0.2, -0.15) is 0 Å². The minimum absolute atomic E-state index is 0.220. The molecular weight excluding hydrogens is 348 g/mol. The minimum atomic E-state index is -0.224. The van der Waals surface area contributed by atoms with Gasteiger partial charge in [0.15, 0.2) is 0 Å². The van der Waals surface area contributed by atoms with Gasteiger partial charge in [0, 0.05) is 16.6 Å². The average Bonchev–Trinajstić information content (AvgIpc) is 3.08. The van der Waals surface area contributed by atoms with Crippen LogP contribution < -0.4 is 10.1 Å². The highest BCUT2D eigenvalue weighted by molar-refractivity contribution is 7.19. The second-order valence-corrected chi connectivity index (χ2v) is 7.06. The van der Waals surface area contributed by atoms with E-state index < -0.39 is 0 Å². The fraction of sp³-hybridized carbons (Fsp3) is 0.312. The molecule has 3 rings (SSSR count). The van der Waals surface area contributed by atoms with Crippen molar-refractivity contribution in [1.29, 1.82) is 0 Å². The number of anilines is 1. The van der Waals surface area contributed by atoms with E-state index in [0.717, 1.165) is 11.5 Å². The molecule has 0 saturated heterocycles. The fourth-order valence-electron chi connectivity index (χ4n) is 2.47. The largest absolute Gasteiger partial charge is 0.495 e. The van der Waals surface area contributed by atoms with E-state index in [0.29, 0.717) is 26.3 Å². The number of thiazole rings is 1. The molecule has 1 amide bonds. The fourth-order valence-corrected chi connectivity index (χ4v) is 3.61. The molecule has 8 heteroatoms. The summed E-state index contributed by atoms with van der Waals surface area (Å²) in [6.07, 6.45) is 0. The third-order valence-electron chi connectivity index (χ3n) is 3.65. The highest BCUT2D eigenvalue weighted by Crippen LogP contribution is 2.30. The van der Waals surface area contributed by atoms with E-state index in [1.54, 1.807) is 25.3 Å². The minimum Gasteiger partial charge on any atom is -0.495 e. The zero-order chi connectivity index (χ0) is 17.4. The Morgan fingerprint density at radius 1 is 1.38 bits per heavy atom. The zero-order valence-corrected chi connectivity index (χ0v) is 15.3. The first kappa shape index (κ1) is 16.7. The summed E-state index contributed by atoms with van der Waals surface area (Å²) in [6.45, 7) is 5.98. The van der Waals surface area contributed by atoms with E-state index in [-0.39, 0.29) is 11.8 Å². The molecule has 0 aliphatic heterocycles. The molecule has 2 heterocycles. The third kappa shape index (κ3) is 2.85. The molecule has 0 aliphatic rings. The molecular formula is C16H17ClN4O2S. The predicted octanol–water partition coefficient (Wildman–Crippen LogP) is 4.14. The summed E-state index contributed by atoms with van der Waals surface area (Å²) < 4.78 is 7.19. The van der Waals surface area contributed by atoms with Crippen molar-refractivity contribution in [3.63, 3.8) is 0 Å². The molecule has 0 radical (unpaired) electrons. The number of carbonyl (C=O) groups is 1. The Bertz CT molecular complexity index is 916. The molecule has 1 aromatic carbocycles. The molecule has 0 aliphatic carbocycles. The molecule has 1 N–H and O–H groups in total. The second kappa shape index (κ2) is 6.41. The number of ether oxygens (including phenoxy) is 1. The third-order valence-corrected chi connectivity index (χ3v) is 5.01. The number of carbonyl (C=O) groups excluding carboxylic acids is 1. The summed E-state index contributed by atoms with van der Waals surface area (Å²) in [5.41, 5.74) is 1.35. The van der Waals surface area contributed by atoms with Crippen LogP contribution in [0, 0.1) is 6.92 Å². The van der Waals surface area contributed by atoms with E-state index in [4.69, 9.17) is 16.3 Å². The normalized spacial score (nSPS) is 11.2. The van der Waals surface area contributed by atoms with Gasteiger partial charge in [0.05, 0.1) is 12.8 Å². The van der Waals surface area contributed by atoms with Gasteiger partial charge in [0.25, 0.3) is 5.91 Å². The van der Waals surface area contributed by atoms with E-state index in [1.165, 1.54) is 11.3 Å². The first-order chi connectivity index (χ1) is 11.4. The number of nitrogens with one attached hydrogen (secondary N) is 1. The Morgan fingerprint density at radius 2 is 2.12 bits per heavy atom. The number of aromatic nitrogens is 3. The summed E-state index contributed by atoms with van der Waals surface area (Å²) in [5.74, 6) is 1.39. The molecule has 0 unspecified atom stereocenters. The molecule has 0 bridgehead atoms. The number of benzene rings is 1. The van der Waals surface area contributed by atoms with E-state index in [1.807, 2.05) is 25.2 Å². The Hall–Kier alpha value is -2.12. The quantitative estimate of drug-likeness (QED) is 0.755. The number of hydrogen-bond donors (Lipinski definition) is 1. The van der Waals surface area contributed by atoms with Gasteiger partial charge in [-0.15, -0.1) is 10.2 Å². The van der Waals surface area contributed by atoms with Gasteiger partial charge < -0.3 is 10.1 Å². The molecule has 0 saturated carbocycles. The van der Waals surface area contributed by atoms with Crippen LogP contribution in [0.3, 0.4) is 0 Å². The molecule has 0 atom stereocenters. The van der Waals surface area contributed by atoms with Crippen molar-refractivity contribution < 1.29 is 9.53 Å². The van der Waals surface area contributed by atoms with Crippen molar-refractivity contribution in [3.05, 3.63) is 39.6 Å². The van der Waals surface area contributed by atoms with Crippen molar-refractivity contribution in [2.24, 2.45) is 0 Å². The summed E-state index contributed by atoms with van der Waals surface area (Å²) in [6, 6.07) is 5.08. The Morgan fingerprint density at radius 3 is 2.79 bits per heavy atom. The summed E-state index contributed by atoms with van der Waals surface area (Å²) >= 11 is 7.32. The van der Waals surface area contributed by atoms with Crippen molar-refractivity contribution in [1.82, 2.24) is 14.6 Å². The van der Waals surface area contributed by atoms with Crippen LogP contribution in [-0.4, -0.2) is 27.6 Å². The van der Waals surface area contributed by atoms with Crippen LogP contribution in [0.1, 0.15) is 41.0 Å². The first-order valence-corrected chi connectivity index (χ1v) is 8.61. The van der Waals surface area contributed by atoms with Crippen LogP contribution >= 0.6 is 22.9 Å². The van der Waals surface area contributed by atoms with E-state index in [2.05, 4.69) is 15.5 Å². The smallest absolute Gasteiger partial charge is 0.267 e. The van der Waals surface area contributed by atoms with Gasteiger partial charge in [-0.05, 0) is 25.1 Å². The highest BCUT2D eigenvalue weighted by Gasteiger charge is 2.21. The molecule has 24 heavy (non-hydrogen) atoms. The number of halogens is 1. The monoisotopic (exact) mass is 364 g/mol. The first-order valence-electron chi connectivity index (χ1n) is 7.41. The molecule has 126 valence electrons. The SMILES string of the molecule is COc1ccc(Cl)cc1NC(=O)c1sc2nnc(C(C)C)n2c1C. The maximum Gasteiger partial charge on any atom is 0.267 e. The van der Waals surface area contributed by atoms with Gasteiger partial charge in [-0.25, -0.2) is 0 Å². The van der Waals surface area contributed by atoms with Crippen molar-refractivity contribution in [2.45, 2.75) is 26.7 Å². The average molecular weight is 365 g/mol. The highest BCUT2D eigenvalue weighted by atomic mass is 35.5. The molecule has 6 nitrogen and oxygen atoms in total. The molecule has 3 aromatic rings. The number of methoxy groups -OCH3 is 1. The van der Waals surface area contributed by atoms with Crippen molar-refractivity contribution >= 4 is 39.5 Å². The molecule has 2 aromatic heterocycles. The Balaban J connectivity index is 1.98. The number of amides is 1. The Labute approximate surface area is 148 Å². The van der Waals surface area contributed by atoms with Crippen LogP contribution in [0.25, 0.3) is 4.96 Å². The lowest BCUT2D eigenvalue weighted by molar-refractivity contribution is 0.102. The maximum absolute atomic E-state index is 12.7. The lowest BCUT2D eigenvalue weighted by Crippen LogP contribution is -2.13. The van der Waals surface area contributed by atoms with Crippen molar-refractivity contribution in [3.8, 4) is 5.75 Å².